The lowest BCUT2D eigenvalue weighted by atomic mass is 10.1. The van der Waals surface area contributed by atoms with Crippen molar-refractivity contribution < 1.29 is 9.18 Å². The first kappa shape index (κ1) is 20.8. The maximum Gasteiger partial charge on any atom is 0.270 e. The number of carbonyl (C=O) groups is 1. The third-order valence-electron chi connectivity index (χ3n) is 4.83. The van der Waals surface area contributed by atoms with Gasteiger partial charge in [0, 0.05) is 25.0 Å². The van der Waals surface area contributed by atoms with E-state index in [9.17, 15) is 9.18 Å². The Bertz CT molecular complexity index is 1320. The number of carbonyl (C=O) groups excluding carboxylic acids is 1. The second-order valence-corrected chi connectivity index (χ2v) is 7.16. The number of amides is 1. The van der Waals surface area contributed by atoms with Gasteiger partial charge in [-0.3, -0.25) is 9.48 Å². The van der Waals surface area contributed by atoms with Gasteiger partial charge in [-0.25, -0.2) is 15.0 Å². The molecule has 0 bridgehead atoms. The number of nitriles is 1. The number of halogens is 1. The molecule has 3 heterocycles. The number of pyridine rings is 1. The molecule has 4 rings (SSSR count). The van der Waals surface area contributed by atoms with Crippen molar-refractivity contribution in [3.63, 3.8) is 0 Å². The highest BCUT2D eigenvalue weighted by Gasteiger charge is 2.18. The van der Waals surface area contributed by atoms with Crippen molar-refractivity contribution in [2.45, 2.75) is 13.0 Å². The van der Waals surface area contributed by atoms with Gasteiger partial charge in [0.05, 0.1) is 35.1 Å². The molecule has 1 aromatic carbocycles. The lowest BCUT2D eigenvalue weighted by molar-refractivity contribution is 0.0934. The zero-order valence-electron chi connectivity index (χ0n) is 17.3. The zero-order valence-corrected chi connectivity index (χ0v) is 17.3. The molecule has 0 aliphatic heterocycles. The van der Waals surface area contributed by atoms with Crippen LogP contribution in [-0.4, -0.2) is 30.6 Å². The summed E-state index contributed by atoms with van der Waals surface area (Å²) in [4.78, 5) is 25.6. The van der Waals surface area contributed by atoms with Crippen LogP contribution in [0.5, 0.6) is 0 Å². The van der Waals surface area contributed by atoms with Crippen molar-refractivity contribution in [2.24, 2.45) is 7.05 Å². The van der Waals surface area contributed by atoms with E-state index in [1.54, 1.807) is 67.4 Å². The molecule has 0 unspecified atom stereocenters. The summed E-state index contributed by atoms with van der Waals surface area (Å²) < 4.78 is 15.1. The van der Waals surface area contributed by atoms with Crippen LogP contribution >= 0.6 is 0 Å². The van der Waals surface area contributed by atoms with Gasteiger partial charge in [-0.05, 0) is 42.8 Å². The Kier molecular flexibility index (Phi) is 5.68. The summed E-state index contributed by atoms with van der Waals surface area (Å²) in [6.45, 7) is 1.75. The smallest absolute Gasteiger partial charge is 0.270 e. The first-order valence-electron chi connectivity index (χ1n) is 9.74. The van der Waals surface area contributed by atoms with Crippen LogP contribution in [0.1, 0.15) is 34.6 Å². The van der Waals surface area contributed by atoms with Crippen LogP contribution < -0.4 is 5.32 Å². The minimum Gasteiger partial charge on any atom is -0.344 e. The maximum atomic E-state index is 13.5. The van der Waals surface area contributed by atoms with Crippen molar-refractivity contribution in [1.29, 1.82) is 5.26 Å². The van der Waals surface area contributed by atoms with Gasteiger partial charge < -0.3 is 5.32 Å². The summed E-state index contributed by atoms with van der Waals surface area (Å²) in [6, 6.07) is 13.0. The van der Waals surface area contributed by atoms with Crippen LogP contribution in [0.15, 0.2) is 61.1 Å². The number of aromatic nitrogens is 5. The monoisotopic (exact) mass is 427 g/mol. The number of nitrogens with zero attached hydrogens (tertiary/aromatic N) is 6. The Balaban J connectivity index is 1.71. The maximum absolute atomic E-state index is 13.5. The van der Waals surface area contributed by atoms with Gasteiger partial charge in [0.2, 0.25) is 5.95 Å². The highest BCUT2D eigenvalue weighted by molar-refractivity contribution is 5.94. The second-order valence-electron chi connectivity index (χ2n) is 7.16. The predicted octanol–water partition coefficient (Wildman–Crippen LogP) is 3.44. The summed E-state index contributed by atoms with van der Waals surface area (Å²) >= 11 is 0. The van der Waals surface area contributed by atoms with Gasteiger partial charge >= 0.3 is 0 Å². The molecule has 8 nitrogen and oxygen atoms in total. The van der Waals surface area contributed by atoms with E-state index in [4.69, 9.17) is 5.26 Å². The van der Waals surface area contributed by atoms with Gasteiger partial charge in [0.25, 0.3) is 5.91 Å². The molecule has 0 aliphatic rings. The quantitative estimate of drug-likeness (QED) is 0.489. The van der Waals surface area contributed by atoms with Crippen LogP contribution in [0, 0.1) is 17.3 Å². The Morgan fingerprint density at radius 3 is 2.59 bits per heavy atom. The van der Waals surface area contributed by atoms with Gasteiger partial charge in [0.1, 0.15) is 5.69 Å². The summed E-state index contributed by atoms with van der Waals surface area (Å²) in [6.07, 6.45) is 4.71. The second kappa shape index (κ2) is 8.73. The molecule has 3 aromatic heterocycles. The topological polar surface area (TPSA) is 109 Å². The molecule has 0 aliphatic carbocycles. The van der Waals surface area contributed by atoms with Crippen molar-refractivity contribution in [2.75, 3.05) is 0 Å². The van der Waals surface area contributed by atoms with E-state index in [0.717, 1.165) is 5.56 Å². The molecular weight excluding hydrogens is 409 g/mol. The highest BCUT2D eigenvalue weighted by atomic mass is 19.1. The minimum atomic E-state index is -0.618. The van der Waals surface area contributed by atoms with Gasteiger partial charge in [-0.1, -0.05) is 12.1 Å². The number of hydrogen-bond acceptors (Lipinski definition) is 6. The first-order valence-corrected chi connectivity index (χ1v) is 9.74. The molecule has 1 amide bonds. The molecular formula is C23H18FN7O. The van der Waals surface area contributed by atoms with E-state index in [1.807, 2.05) is 0 Å². The summed E-state index contributed by atoms with van der Waals surface area (Å²) in [5.74, 6) is -0.711. The number of benzene rings is 1. The summed E-state index contributed by atoms with van der Waals surface area (Å²) in [7, 11) is 1.77. The fourth-order valence-electron chi connectivity index (χ4n) is 3.13. The first-order chi connectivity index (χ1) is 15.4. The largest absolute Gasteiger partial charge is 0.344 e. The third kappa shape index (κ3) is 4.49. The van der Waals surface area contributed by atoms with Crippen molar-refractivity contribution in [3.05, 3.63) is 83.8 Å². The van der Waals surface area contributed by atoms with E-state index in [-0.39, 0.29) is 5.69 Å². The Morgan fingerprint density at radius 2 is 1.94 bits per heavy atom. The molecule has 0 fully saturated rings. The van der Waals surface area contributed by atoms with E-state index < -0.39 is 17.9 Å². The van der Waals surface area contributed by atoms with Gasteiger partial charge in [-0.2, -0.15) is 14.8 Å². The van der Waals surface area contributed by atoms with Crippen molar-refractivity contribution in [1.82, 2.24) is 30.0 Å². The lowest BCUT2D eigenvalue weighted by Gasteiger charge is -2.15. The average molecular weight is 427 g/mol. The molecule has 1 atom stereocenters. The third-order valence-corrected chi connectivity index (χ3v) is 4.83. The van der Waals surface area contributed by atoms with Crippen LogP contribution in [0.3, 0.4) is 0 Å². The normalized spacial score (nSPS) is 11.6. The SMILES string of the molecule is C[C@H](NC(=O)c1cc(-c2ccc(C#N)cc2)nc(-c2cnn(C)c2)n1)c1ccnc(F)c1. The molecule has 32 heavy (non-hydrogen) atoms. The van der Waals surface area contributed by atoms with E-state index in [2.05, 4.69) is 31.4 Å². The van der Waals surface area contributed by atoms with Gasteiger partial charge in [0.15, 0.2) is 5.82 Å². The van der Waals surface area contributed by atoms with Crippen molar-refractivity contribution in [3.8, 4) is 28.7 Å². The van der Waals surface area contributed by atoms with Crippen LogP contribution in [0.25, 0.3) is 22.6 Å². The fourth-order valence-corrected chi connectivity index (χ4v) is 3.13. The fraction of sp³-hybridized carbons (Fsp3) is 0.130. The molecule has 4 aromatic rings. The van der Waals surface area contributed by atoms with E-state index in [0.29, 0.717) is 28.2 Å². The summed E-state index contributed by atoms with van der Waals surface area (Å²) in [5, 5.41) is 16.0. The molecule has 0 spiro atoms. The molecule has 0 saturated heterocycles. The number of rotatable bonds is 5. The number of nitrogens with one attached hydrogen (secondary N) is 1. The number of aryl methyl sites for hydroxylation is 1. The number of hydrogen-bond donors (Lipinski definition) is 1. The van der Waals surface area contributed by atoms with Crippen molar-refractivity contribution >= 4 is 5.91 Å². The minimum absolute atomic E-state index is 0.152. The molecule has 158 valence electrons. The molecule has 0 radical (unpaired) electrons. The predicted molar refractivity (Wildman–Crippen MR) is 114 cm³/mol. The average Bonchev–Trinajstić information content (AvgIpc) is 3.25. The molecule has 9 heteroatoms. The Hall–Kier alpha value is -4.45. The molecule has 0 saturated carbocycles. The highest BCUT2D eigenvalue weighted by Crippen LogP contribution is 2.23. The Morgan fingerprint density at radius 1 is 1.16 bits per heavy atom. The van der Waals surface area contributed by atoms with E-state index >= 15 is 0 Å². The zero-order chi connectivity index (χ0) is 22.7. The molecule has 1 N–H and O–H groups in total. The Labute approximate surface area is 183 Å². The van der Waals surface area contributed by atoms with E-state index in [1.165, 1.54) is 12.3 Å². The van der Waals surface area contributed by atoms with Crippen LogP contribution in [-0.2, 0) is 7.05 Å². The summed E-state index contributed by atoms with van der Waals surface area (Å²) in [5.41, 5.74) is 3.17. The van der Waals surface area contributed by atoms with Crippen LogP contribution in [0.2, 0.25) is 0 Å². The lowest BCUT2D eigenvalue weighted by Crippen LogP contribution is -2.28. The van der Waals surface area contributed by atoms with Crippen LogP contribution in [0.4, 0.5) is 4.39 Å². The standard InChI is InChI=1S/C23H18FN7O/c1-14(17-7-8-26-21(24)9-17)28-23(32)20-10-19(16-5-3-15(11-25)4-6-16)29-22(30-20)18-12-27-31(2)13-18/h3-10,12-14H,1-2H3,(H,28,32)/t14-/m0/s1. The van der Waals surface area contributed by atoms with Gasteiger partial charge in [-0.15, -0.1) is 0 Å².